The molecule has 1 fully saturated rings. The lowest BCUT2D eigenvalue weighted by Gasteiger charge is -2.28. The third kappa shape index (κ3) is 3.62. The second-order valence-corrected chi connectivity index (χ2v) is 6.17. The van der Waals surface area contributed by atoms with Crippen LogP contribution < -0.4 is 10.1 Å². The summed E-state index contributed by atoms with van der Waals surface area (Å²) in [6.45, 7) is 4.56. The summed E-state index contributed by atoms with van der Waals surface area (Å²) in [6, 6.07) is 10.1. The summed E-state index contributed by atoms with van der Waals surface area (Å²) in [6.07, 6.45) is 3.96. The number of aryl methyl sites for hydroxylation is 1. The zero-order chi connectivity index (χ0) is 16.9. The van der Waals surface area contributed by atoms with Crippen LogP contribution in [-0.4, -0.2) is 37.6 Å². The van der Waals surface area contributed by atoms with Crippen LogP contribution in [0.2, 0.25) is 0 Å². The van der Waals surface area contributed by atoms with Crippen LogP contribution in [0, 0.1) is 6.92 Å². The van der Waals surface area contributed by atoms with Gasteiger partial charge < -0.3 is 14.5 Å². The van der Waals surface area contributed by atoms with Gasteiger partial charge in [0.05, 0.1) is 19.4 Å². The van der Waals surface area contributed by atoms with Gasteiger partial charge in [-0.3, -0.25) is 9.69 Å². The smallest absolute Gasteiger partial charge is 0.287 e. The molecule has 0 aliphatic carbocycles. The topological polar surface area (TPSA) is 54.7 Å². The lowest BCUT2D eigenvalue weighted by Crippen LogP contribution is -2.36. The van der Waals surface area contributed by atoms with E-state index in [-0.39, 0.29) is 11.9 Å². The lowest BCUT2D eigenvalue weighted by atomic mass is 10.1. The molecule has 0 saturated carbocycles. The number of amides is 1. The largest absolute Gasteiger partial charge is 0.497 e. The maximum atomic E-state index is 12.3. The molecule has 5 nitrogen and oxygen atoms in total. The molecule has 1 saturated heterocycles. The Morgan fingerprint density at radius 1 is 1.25 bits per heavy atom. The Morgan fingerprint density at radius 2 is 1.96 bits per heavy atom. The van der Waals surface area contributed by atoms with Crippen molar-refractivity contribution in [3.8, 4) is 5.75 Å². The minimum atomic E-state index is -0.157. The Morgan fingerprint density at radius 3 is 2.54 bits per heavy atom. The molecule has 1 aliphatic rings. The lowest BCUT2D eigenvalue weighted by molar-refractivity contribution is 0.0909. The van der Waals surface area contributed by atoms with Crippen molar-refractivity contribution < 1.29 is 13.9 Å². The van der Waals surface area contributed by atoms with Gasteiger partial charge in [0.25, 0.3) is 5.91 Å². The van der Waals surface area contributed by atoms with E-state index in [2.05, 4.69) is 22.3 Å². The molecule has 0 radical (unpaired) electrons. The minimum absolute atomic E-state index is 0.157. The first-order chi connectivity index (χ1) is 11.7. The quantitative estimate of drug-likeness (QED) is 0.885. The highest BCUT2D eigenvalue weighted by atomic mass is 16.5. The van der Waals surface area contributed by atoms with Crippen LogP contribution in [0.5, 0.6) is 5.75 Å². The van der Waals surface area contributed by atoms with Crippen LogP contribution in [0.4, 0.5) is 0 Å². The average molecular weight is 328 g/mol. The van der Waals surface area contributed by atoms with E-state index in [1.807, 2.05) is 19.1 Å². The van der Waals surface area contributed by atoms with Gasteiger partial charge in [0.2, 0.25) is 0 Å². The van der Waals surface area contributed by atoms with Crippen LogP contribution in [0.25, 0.3) is 0 Å². The van der Waals surface area contributed by atoms with Crippen LogP contribution in [0.3, 0.4) is 0 Å². The van der Waals surface area contributed by atoms with Gasteiger partial charge in [-0.05, 0) is 56.6 Å². The van der Waals surface area contributed by atoms with Gasteiger partial charge in [0, 0.05) is 12.1 Å². The highest BCUT2D eigenvalue weighted by molar-refractivity contribution is 5.92. The zero-order valence-electron chi connectivity index (χ0n) is 14.2. The van der Waals surface area contributed by atoms with Crippen LogP contribution >= 0.6 is 0 Å². The van der Waals surface area contributed by atoms with Gasteiger partial charge in [0.15, 0.2) is 5.76 Å². The molecule has 1 amide bonds. The number of ether oxygens (including phenoxy) is 1. The number of benzene rings is 1. The maximum absolute atomic E-state index is 12.3. The van der Waals surface area contributed by atoms with Gasteiger partial charge in [-0.1, -0.05) is 12.1 Å². The molecule has 2 heterocycles. The fraction of sp³-hybridized carbons (Fsp3) is 0.421. The van der Waals surface area contributed by atoms with E-state index in [1.54, 1.807) is 19.4 Å². The van der Waals surface area contributed by atoms with Crippen LogP contribution in [0.15, 0.2) is 41.0 Å². The molecule has 0 spiro atoms. The highest BCUT2D eigenvalue weighted by Gasteiger charge is 2.24. The number of likely N-dealkylation sites (tertiary alicyclic amines) is 1. The van der Waals surface area contributed by atoms with E-state index in [0.29, 0.717) is 12.3 Å². The fourth-order valence-electron chi connectivity index (χ4n) is 3.21. The van der Waals surface area contributed by atoms with Gasteiger partial charge >= 0.3 is 0 Å². The predicted molar refractivity (Wildman–Crippen MR) is 92.3 cm³/mol. The van der Waals surface area contributed by atoms with E-state index < -0.39 is 0 Å². The maximum Gasteiger partial charge on any atom is 0.287 e. The van der Waals surface area contributed by atoms with Crippen LogP contribution in [0.1, 0.15) is 40.6 Å². The number of nitrogens with one attached hydrogen (secondary N) is 1. The molecular weight excluding hydrogens is 304 g/mol. The van der Waals surface area contributed by atoms with Gasteiger partial charge in [-0.25, -0.2) is 0 Å². The van der Waals surface area contributed by atoms with E-state index in [0.717, 1.165) is 24.4 Å². The number of rotatable bonds is 6. The average Bonchev–Trinajstić information content (AvgIpc) is 3.27. The SMILES string of the molecule is COc1ccc(C(CNC(=O)c2occc2C)N2CCCC2)cc1. The number of furan rings is 1. The fourth-order valence-corrected chi connectivity index (χ4v) is 3.21. The van der Waals surface area contributed by atoms with Crippen molar-refractivity contribution in [3.05, 3.63) is 53.5 Å². The summed E-state index contributed by atoms with van der Waals surface area (Å²) < 4.78 is 10.5. The number of hydrogen-bond donors (Lipinski definition) is 1. The first-order valence-electron chi connectivity index (χ1n) is 8.39. The monoisotopic (exact) mass is 328 g/mol. The summed E-state index contributed by atoms with van der Waals surface area (Å²) >= 11 is 0. The highest BCUT2D eigenvalue weighted by Crippen LogP contribution is 2.26. The molecule has 1 N–H and O–H groups in total. The Hall–Kier alpha value is -2.27. The Kier molecular flexibility index (Phi) is 5.20. The number of carbonyl (C=O) groups excluding carboxylic acids is 1. The number of carbonyl (C=O) groups is 1. The Balaban J connectivity index is 1.72. The second-order valence-electron chi connectivity index (χ2n) is 6.17. The predicted octanol–water partition coefficient (Wildman–Crippen LogP) is 3.16. The van der Waals surface area contributed by atoms with Crippen molar-refractivity contribution in [1.29, 1.82) is 0 Å². The number of methoxy groups -OCH3 is 1. The molecule has 1 unspecified atom stereocenters. The van der Waals surface area contributed by atoms with Gasteiger partial charge in [-0.15, -0.1) is 0 Å². The van der Waals surface area contributed by atoms with Crippen molar-refractivity contribution in [2.24, 2.45) is 0 Å². The van der Waals surface area contributed by atoms with Crippen molar-refractivity contribution in [1.82, 2.24) is 10.2 Å². The molecule has 128 valence electrons. The zero-order valence-corrected chi connectivity index (χ0v) is 14.2. The minimum Gasteiger partial charge on any atom is -0.497 e. The first-order valence-corrected chi connectivity index (χ1v) is 8.39. The third-order valence-electron chi connectivity index (χ3n) is 4.61. The molecule has 24 heavy (non-hydrogen) atoms. The summed E-state index contributed by atoms with van der Waals surface area (Å²) in [7, 11) is 1.67. The third-order valence-corrected chi connectivity index (χ3v) is 4.61. The van der Waals surface area contributed by atoms with Crippen molar-refractivity contribution in [3.63, 3.8) is 0 Å². The normalized spacial score (nSPS) is 16.1. The molecule has 2 aromatic rings. The molecule has 1 atom stereocenters. The molecule has 1 aromatic carbocycles. The number of nitrogens with zero attached hydrogens (tertiary/aromatic N) is 1. The molecule has 3 rings (SSSR count). The van der Waals surface area contributed by atoms with E-state index in [1.165, 1.54) is 18.4 Å². The summed E-state index contributed by atoms with van der Waals surface area (Å²) in [5.41, 5.74) is 2.05. The van der Waals surface area contributed by atoms with Crippen molar-refractivity contribution in [2.75, 3.05) is 26.7 Å². The summed E-state index contributed by atoms with van der Waals surface area (Å²) in [4.78, 5) is 14.8. The molecule has 0 bridgehead atoms. The molecule has 5 heteroatoms. The number of hydrogen-bond acceptors (Lipinski definition) is 4. The van der Waals surface area contributed by atoms with E-state index in [4.69, 9.17) is 9.15 Å². The molecule has 1 aromatic heterocycles. The van der Waals surface area contributed by atoms with E-state index in [9.17, 15) is 4.79 Å². The summed E-state index contributed by atoms with van der Waals surface area (Å²) in [5, 5.41) is 3.02. The van der Waals surface area contributed by atoms with Gasteiger partial charge in [0.1, 0.15) is 5.75 Å². The van der Waals surface area contributed by atoms with Crippen molar-refractivity contribution in [2.45, 2.75) is 25.8 Å². The summed E-state index contributed by atoms with van der Waals surface area (Å²) in [5.74, 6) is 1.08. The molecular formula is C19H24N2O3. The first kappa shape index (κ1) is 16.6. The standard InChI is InChI=1S/C19H24N2O3/c1-14-9-12-24-18(14)19(22)20-13-17(21-10-3-4-11-21)15-5-7-16(23-2)8-6-15/h5-9,12,17H,3-4,10-11,13H2,1-2H3,(H,20,22). The van der Waals surface area contributed by atoms with E-state index >= 15 is 0 Å². The van der Waals surface area contributed by atoms with Crippen LogP contribution in [-0.2, 0) is 0 Å². The second kappa shape index (κ2) is 7.53. The Labute approximate surface area is 142 Å². The van der Waals surface area contributed by atoms with Crippen molar-refractivity contribution >= 4 is 5.91 Å². The Bertz CT molecular complexity index is 672. The molecule has 1 aliphatic heterocycles. The van der Waals surface area contributed by atoms with Gasteiger partial charge in [-0.2, -0.15) is 0 Å².